The molecule has 0 heterocycles. The smallest absolute Gasteiger partial charge is 0.329 e. The molecular formula is C21H42N2O11. The summed E-state index contributed by atoms with van der Waals surface area (Å²) in [5.74, 6) is -2.11. The first-order chi connectivity index (χ1) is 16.4. The molecule has 0 fully saturated rings. The average Bonchev–Trinajstić information content (AvgIpc) is 2.81. The Kier molecular flexibility index (Phi) is 27.9. The average molecular weight is 499 g/mol. The topological polar surface area (TPSA) is 176 Å². The molecule has 0 aromatic heterocycles. The summed E-state index contributed by atoms with van der Waals surface area (Å²) in [6.07, 6.45) is 0.973. The lowest BCUT2D eigenvalue weighted by Gasteiger charge is -2.21. The third-order valence-electron chi connectivity index (χ3n) is 3.75. The minimum absolute atomic E-state index is 0.0486. The van der Waals surface area contributed by atoms with E-state index >= 15 is 0 Å². The van der Waals surface area contributed by atoms with Crippen LogP contribution in [0.4, 0.5) is 0 Å². The maximum atomic E-state index is 10.5. The zero-order valence-electron chi connectivity index (χ0n) is 20.4. The van der Waals surface area contributed by atoms with Crippen LogP contribution < -0.4 is 5.73 Å². The van der Waals surface area contributed by atoms with Gasteiger partial charge in [-0.25, -0.2) is 9.59 Å². The molecule has 0 aliphatic carbocycles. The third-order valence-corrected chi connectivity index (χ3v) is 3.75. The van der Waals surface area contributed by atoms with Gasteiger partial charge in [-0.05, 0) is 6.42 Å². The van der Waals surface area contributed by atoms with Crippen LogP contribution in [-0.2, 0) is 42.8 Å². The SMILES string of the molecule is CCCOCCOCCN(CCOCC(=O)O)CCOCC(=O)O.COCCOCC(=O)CN. The first-order valence-corrected chi connectivity index (χ1v) is 11.1. The Bertz CT molecular complexity index is 473. The summed E-state index contributed by atoms with van der Waals surface area (Å²) in [6, 6.07) is 0. The number of carboxylic acids is 2. The number of carbonyl (C=O) groups is 3. The van der Waals surface area contributed by atoms with Crippen LogP contribution in [0, 0.1) is 0 Å². The largest absolute Gasteiger partial charge is 0.480 e. The van der Waals surface area contributed by atoms with E-state index < -0.39 is 11.9 Å². The van der Waals surface area contributed by atoms with Gasteiger partial charge in [-0.3, -0.25) is 9.69 Å². The van der Waals surface area contributed by atoms with Crippen molar-refractivity contribution < 1.29 is 53.0 Å². The van der Waals surface area contributed by atoms with Crippen molar-refractivity contribution in [3.8, 4) is 0 Å². The molecule has 0 rings (SSSR count). The zero-order chi connectivity index (χ0) is 25.9. The molecule has 0 bridgehead atoms. The van der Waals surface area contributed by atoms with Crippen molar-refractivity contribution in [2.45, 2.75) is 13.3 Å². The minimum Gasteiger partial charge on any atom is -0.480 e. The highest BCUT2D eigenvalue weighted by Crippen LogP contribution is 1.92. The van der Waals surface area contributed by atoms with Gasteiger partial charge in [0.1, 0.15) is 19.8 Å². The predicted molar refractivity (Wildman–Crippen MR) is 122 cm³/mol. The lowest BCUT2D eigenvalue weighted by Crippen LogP contribution is -2.34. The highest BCUT2D eigenvalue weighted by Gasteiger charge is 2.07. The molecule has 0 radical (unpaired) electrons. The van der Waals surface area contributed by atoms with Gasteiger partial charge < -0.3 is 44.4 Å². The van der Waals surface area contributed by atoms with E-state index in [-0.39, 0.29) is 45.4 Å². The van der Waals surface area contributed by atoms with Crippen molar-refractivity contribution in [1.82, 2.24) is 4.90 Å². The van der Waals surface area contributed by atoms with Crippen LogP contribution in [0.2, 0.25) is 0 Å². The molecule has 0 atom stereocenters. The number of Topliss-reactive ketones (excluding diaryl/α,β-unsaturated/α-hetero) is 1. The molecule has 0 saturated carbocycles. The van der Waals surface area contributed by atoms with E-state index in [4.69, 9.17) is 39.6 Å². The van der Waals surface area contributed by atoms with Crippen molar-refractivity contribution in [3.05, 3.63) is 0 Å². The fourth-order valence-electron chi connectivity index (χ4n) is 2.09. The van der Waals surface area contributed by atoms with E-state index in [1.165, 1.54) is 0 Å². The van der Waals surface area contributed by atoms with Crippen molar-refractivity contribution in [1.29, 1.82) is 0 Å². The number of carbonyl (C=O) groups excluding carboxylic acids is 1. The van der Waals surface area contributed by atoms with E-state index in [1.54, 1.807) is 7.11 Å². The van der Waals surface area contributed by atoms with Crippen molar-refractivity contribution in [2.75, 3.05) is 106 Å². The van der Waals surface area contributed by atoms with Crippen LogP contribution in [0.5, 0.6) is 0 Å². The van der Waals surface area contributed by atoms with E-state index in [0.29, 0.717) is 52.7 Å². The van der Waals surface area contributed by atoms with Crippen LogP contribution in [0.1, 0.15) is 13.3 Å². The summed E-state index contributed by atoms with van der Waals surface area (Å²) in [5, 5.41) is 17.0. The van der Waals surface area contributed by atoms with Crippen molar-refractivity contribution in [2.24, 2.45) is 5.73 Å². The fraction of sp³-hybridized carbons (Fsp3) is 0.857. The molecule has 0 aromatic rings. The molecule has 202 valence electrons. The quantitative estimate of drug-likeness (QED) is 0.140. The summed E-state index contributed by atoms with van der Waals surface area (Å²) in [7, 11) is 1.58. The second-order valence-corrected chi connectivity index (χ2v) is 6.75. The Labute approximate surface area is 201 Å². The first-order valence-electron chi connectivity index (χ1n) is 11.1. The summed E-state index contributed by atoms with van der Waals surface area (Å²) in [4.78, 5) is 33.2. The van der Waals surface area contributed by atoms with Gasteiger partial charge in [-0.15, -0.1) is 0 Å². The lowest BCUT2D eigenvalue weighted by atomic mass is 10.4. The minimum atomic E-state index is -1.01. The predicted octanol–water partition coefficient (Wildman–Crippen LogP) is -0.889. The van der Waals surface area contributed by atoms with Gasteiger partial charge in [0.15, 0.2) is 5.78 Å². The number of hydrogen-bond donors (Lipinski definition) is 3. The molecule has 13 heteroatoms. The van der Waals surface area contributed by atoms with Gasteiger partial charge in [0.25, 0.3) is 0 Å². The van der Waals surface area contributed by atoms with Crippen molar-refractivity contribution in [3.63, 3.8) is 0 Å². The summed E-state index contributed by atoms with van der Waals surface area (Å²) in [6.45, 7) is 6.92. The van der Waals surface area contributed by atoms with Gasteiger partial charge >= 0.3 is 11.9 Å². The highest BCUT2D eigenvalue weighted by molar-refractivity contribution is 5.81. The molecule has 4 N–H and O–H groups in total. The molecular weight excluding hydrogens is 456 g/mol. The number of nitrogens with zero attached hydrogens (tertiary/aromatic N) is 1. The Balaban J connectivity index is 0. The molecule has 13 nitrogen and oxygen atoms in total. The maximum Gasteiger partial charge on any atom is 0.329 e. The Morgan fingerprint density at radius 3 is 1.56 bits per heavy atom. The number of hydrogen-bond acceptors (Lipinski definition) is 11. The molecule has 0 saturated heterocycles. The number of ketones is 1. The molecule has 0 amide bonds. The third kappa shape index (κ3) is 30.3. The van der Waals surface area contributed by atoms with Gasteiger partial charge in [0, 0.05) is 33.4 Å². The van der Waals surface area contributed by atoms with E-state index in [1.807, 2.05) is 11.8 Å². The number of aliphatic carboxylic acids is 2. The van der Waals surface area contributed by atoms with E-state index in [9.17, 15) is 14.4 Å². The summed E-state index contributed by atoms with van der Waals surface area (Å²) < 4.78 is 30.3. The van der Waals surface area contributed by atoms with Crippen LogP contribution in [-0.4, -0.2) is 139 Å². The summed E-state index contributed by atoms with van der Waals surface area (Å²) in [5.41, 5.74) is 5.03. The fourth-order valence-corrected chi connectivity index (χ4v) is 2.09. The van der Waals surface area contributed by atoms with Crippen LogP contribution >= 0.6 is 0 Å². The van der Waals surface area contributed by atoms with Crippen molar-refractivity contribution >= 4 is 17.7 Å². The number of carboxylic acid groups (broad SMARTS) is 2. The number of rotatable bonds is 24. The highest BCUT2D eigenvalue weighted by atomic mass is 16.5. The molecule has 34 heavy (non-hydrogen) atoms. The zero-order valence-corrected chi connectivity index (χ0v) is 20.4. The molecule has 0 spiro atoms. The first kappa shape index (κ1) is 34.5. The van der Waals surface area contributed by atoms with Gasteiger partial charge in [0.2, 0.25) is 0 Å². The Morgan fingerprint density at radius 1 is 0.676 bits per heavy atom. The molecule has 0 aliphatic heterocycles. The normalized spacial score (nSPS) is 10.7. The molecule has 0 aliphatic rings. The number of ether oxygens (including phenoxy) is 6. The summed E-state index contributed by atoms with van der Waals surface area (Å²) >= 11 is 0. The van der Waals surface area contributed by atoms with E-state index in [2.05, 4.69) is 4.74 Å². The lowest BCUT2D eigenvalue weighted by molar-refractivity contribution is -0.142. The second-order valence-electron chi connectivity index (χ2n) is 6.75. The second kappa shape index (κ2) is 27.5. The van der Waals surface area contributed by atoms with Crippen LogP contribution in [0.15, 0.2) is 0 Å². The van der Waals surface area contributed by atoms with Crippen LogP contribution in [0.25, 0.3) is 0 Å². The van der Waals surface area contributed by atoms with E-state index in [0.717, 1.165) is 13.0 Å². The Morgan fingerprint density at radius 2 is 1.12 bits per heavy atom. The monoisotopic (exact) mass is 498 g/mol. The standard InChI is InChI=1S/C15H29NO8.C6H13NO3/c1-2-6-21-10-11-22-7-3-16(4-8-23-12-14(17)18)5-9-24-13-15(19)20;1-9-2-3-10-5-6(8)4-7/h2-13H2,1H3,(H,17,18)(H,19,20);2-5,7H2,1H3. The van der Waals surface area contributed by atoms with Gasteiger partial charge in [-0.2, -0.15) is 0 Å². The van der Waals surface area contributed by atoms with Gasteiger partial charge in [0.05, 0.1) is 52.8 Å². The van der Waals surface area contributed by atoms with Gasteiger partial charge in [-0.1, -0.05) is 6.92 Å². The molecule has 0 unspecified atom stereocenters. The Hall–Kier alpha value is -1.71. The number of nitrogens with two attached hydrogens (primary N) is 1. The van der Waals surface area contributed by atoms with Crippen LogP contribution in [0.3, 0.4) is 0 Å². The molecule has 0 aromatic carbocycles. The number of methoxy groups -OCH3 is 1. The maximum absolute atomic E-state index is 10.5.